The van der Waals surface area contributed by atoms with Crippen molar-refractivity contribution in [3.8, 4) is 0 Å². The lowest BCUT2D eigenvalue weighted by Gasteiger charge is -2.10. The Kier molecular flexibility index (Phi) is 3.26. The van der Waals surface area contributed by atoms with Gasteiger partial charge in [0.15, 0.2) is 4.21 Å². The molecule has 0 aliphatic rings. The van der Waals surface area contributed by atoms with E-state index in [1.165, 1.54) is 6.20 Å². The molecule has 3 rings (SSSR count). The number of hydrogen-bond donors (Lipinski definition) is 2. The Morgan fingerprint density at radius 2 is 2.05 bits per heavy atom. The van der Waals surface area contributed by atoms with Crippen LogP contribution in [0, 0.1) is 6.92 Å². The molecule has 2 aromatic heterocycles. The molecular formula is C13H12N4O2S2. The molecular weight excluding hydrogens is 308 g/mol. The van der Waals surface area contributed by atoms with E-state index in [1.54, 1.807) is 37.4 Å². The molecule has 0 spiro atoms. The second-order valence-electron chi connectivity index (χ2n) is 4.41. The summed E-state index contributed by atoms with van der Waals surface area (Å²) < 4.78 is 27.4. The van der Waals surface area contributed by atoms with Gasteiger partial charge < -0.3 is 5.73 Å². The molecule has 0 fully saturated rings. The number of rotatable bonds is 3. The molecule has 0 atom stereocenters. The normalized spacial score (nSPS) is 11.7. The first-order valence-corrected chi connectivity index (χ1v) is 8.36. The third kappa shape index (κ3) is 2.55. The van der Waals surface area contributed by atoms with Crippen LogP contribution in [0.1, 0.15) is 5.01 Å². The Labute approximate surface area is 125 Å². The van der Waals surface area contributed by atoms with Crippen LogP contribution in [0.4, 0.5) is 11.4 Å². The van der Waals surface area contributed by atoms with Gasteiger partial charge in [-0.25, -0.2) is 13.4 Å². The van der Waals surface area contributed by atoms with Crippen LogP contribution in [0.25, 0.3) is 10.9 Å². The summed E-state index contributed by atoms with van der Waals surface area (Å²) in [6, 6.07) is 6.76. The Bertz CT molecular complexity index is 919. The van der Waals surface area contributed by atoms with Gasteiger partial charge in [-0.2, -0.15) is 0 Å². The third-order valence-corrected chi connectivity index (χ3v) is 5.65. The second kappa shape index (κ2) is 4.97. The summed E-state index contributed by atoms with van der Waals surface area (Å²) in [7, 11) is -3.66. The standard InChI is InChI=1S/C13H12N4O2S2/c1-8-16-7-12(20-8)21(18,19)17-11-5-4-10(14)13-9(11)3-2-6-15-13/h2-7,17H,14H2,1H3. The number of nitrogens with two attached hydrogens (primary N) is 1. The predicted molar refractivity (Wildman–Crippen MR) is 83.8 cm³/mol. The fourth-order valence-electron chi connectivity index (χ4n) is 1.94. The average molecular weight is 320 g/mol. The Morgan fingerprint density at radius 1 is 1.24 bits per heavy atom. The number of aromatic nitrogens is 2. The van der Waals surface area contributed by atoms with Crippen molar-refractivity contribution in [3.05, 3.63) is 41.7 Å². The minimum absolute atomic E-state index is 0.175. The summed E-state index contributed by atoms with van der Waals surface area (Å²) in [6.45, 7) is 1.76. The number of thiazole rings is 1. The van der Waals surface area contributed by atoms with Crippen molar-refractivity contribution in [1.29, 1.82) is 0 Å². The zero-order chi connectivity index (χ0) is 15.0. The topological polar surface area (TPSA) is 98.0 Å². The first-order valence-electron chi connectivity index (χ1n) is 6.06. The van der Waals surface area contributed by atoms with Gasteiger partial charge in [0.2, 0.25) is 0 Å². The van der Waals surface area contributed by atoms with Gasteiger partial charge in [0.25, 0.3) is 10.0 Å². The molecule has 108 valence electrons. The van der Waals surface area contributed by atoms with Crippen molar-refractivity contribution in [2.24, 2.45) is 0 Å². The molecule has 0 amide bonds. The van der Waals surface area contributed by atoms with Crippen LogP contribution in [0.15, 0.2) is 40.9 Å². The molecule has 6 nitrogen and oxygen atoms in total. The van der Waals surface area contributed by atoms with Gasteiger partial charge in [0, 0.05) is 11.6 Å². The van der Waals surface area contributed by atoms with Gasteiger partial charge >= 0.3 is 0 Å². The number of nitrogens with one attached hydrogen (secondary N) is 1. The summed E-state index contributed by atoms with van der Waals surface area (Å²) >= 11 is 1.12. The Hall–Kier alpha value is -2.19. The summed E-state index contributed by atoms with van der Waals surface area (Å²) in [6.07, 6.45) is 2.96. The number of hydrogen-bond acceptors (Lipinski definition) is 6. The number of sulfonamides is 1. The SMILES string of the molecule is Cc1ncc(S(=O)(=O)Nc2ccc(N)c3ncccc23)s1. The molecule has 0 radical (unpaired) electrons. The van der Waals surface area contributed by atoms with Crippen LogP contribution < -0.4 is 10.5 Å². The van der Waals surface area contributed by atoms with E-state index >= 15 is 0 Å². The van der Waals surface area contributed by atoms with E-state index in [1.807, 2.05) is 0 Å². The molecule has 0 bridgehead atoms. The lowest BCUT2D eigenvalue weighted by molar-refractivity contribution is 0.603. The van der Waals surface area contributed by atoms with Crippen molar-refractivity contribution in [3.63, 3.8) is 0 Å². The molecule has 8 heteroatoms. The zero-order valence-electron chi connectivity index (χ0n) is 11.1. The molecule has 0 saturated heterocycles. The number of nitrogen functional groups attached to an aromatic ring is 1. The summed E-state index contributed by atoms with van der Waals surface area (Å²) in [5, 5.41) is 1.35. The molecule has 3 aromatic rings. The van der Waals surface area contributed by atoms with Gasteiger partial charge in [0.1, 0.15) is 0 Å². The van der Waals surface area contributed by atoms with Crippen molar-refractivity contribution >= 4 is 43.6 Å². The predicted octanol–water partition coefficient (Wildman–Crippen LogP) is 2.38. The van der Waals surface area contributed by atoms with Crippen molar-refractivity contribution in [2.45, 2.75) is 11.1 Å². The molecule has 0 aliphatic carbocycles. The van der Waals surface area contributed by atoms with E-state index in [-0.39, 0.29) is 4.21 Å². The fourth-order valence-corrected chi connectivity index (χ4v) is 4.13. The number of pyridine rings is 1. The highest BCUT2D eigenvalue weighted by Gasteiger charge is 2.18. The molecule has 0 unspecified atom stereocenters. The number of anilines is 2. The first-order chi connectivity index (χ1) is 9.97. The minimum atomic E-state index is -3.66. The average Bonchev–Trinajstić information content (AvgIpc) is 2.90. The van der Waals surface area contributed by atoms with Crippen molar-refractivity contribution in [2.75, 3.05) is 10.5 Å². The van der Waals surface area contributed by atoms with Gasteiger partial charge in [0.05, 0.1) is 28.1 Å². The fraction of sp³-hybridized carbons (Fsp3) is 0.0769. The van der Waals surface area contributed by atoms with Crippen LogP contribution in [0.3, 0.4) is 0 Å². The zero-order valence-corrected chi connectivity index (χ0v) is 12.7. The number of fused-ring (bicyclic) bond motifs is 1. The van der Waals surface area contributed by atoms with Gasteiger partial charge in [-0.3, -0.25) is 9.71 Å². The van der Waals surface area contributed by atoms with E-state index in [0.29, 0.717) is 27.3 Å². The molecule has 0 aliphatic heterocycles. The maximum Gasteiger partial charge on any atom is 0.273 e. The third-order valence-electron chi connectivity index (χ3n) is 2.91. The largest absolute Gasteiger partial charge is 0.397 e. The van der Waals surface area contributed by atoms with Crippen LogP contribution in [-0.2, 0) is 10.0 Å². The highest BCUT2D eigenvalue weighted by atomic mass is 32.2. The summed E-state index contributed by atoms with van der Waals surface area (Å²) in [5.41, 5.74) is 7.37. The maximum absolute atomic E-state index is 12.4. The van der Waals surface area contributed by atoms with Crippen LogP contribution in [0.5, 0.6) is 0 Å². The lowest BCUT2D eigenvalue weighted by atomic mass is 10.1. The maximum atomic E-state index is 12.4. The lowest BCUT2D eigenvalue weighted by Crippen LogP contribution is -2.12. The van der Waals surface area contributed by atoms with E-state index in [0.717, 1.165) is 11.3 Å². The van der Waals surface area contributed by atoms with Gasteiger partial charge in [-0.15, -0.1) is 11.3 Å². The highest BCUT2D eigenvalue weighted by molar-refractivity contribution is 7.94. The van der Waals surface area contributed by atoms with E-state index in [2.05, 4.69) is 14.7 Å². The quantitative estimate of drug-likeness (QED) is 0.722. The molecule has 0 saturated carbocycles. The smallest absolute Gasteiger partial charge is 0.273 e. The minimum Gasteiger partial charge on any atom is -0.397 e. The van der Waals surface area contributed by atoms with E-state index < -0.39 is 10.0 Å². The molecule has 2 heterocycles. The summed E-state index contributed by atoms with van der Waals surface area (Å²) in [4.78, 5) is 8.15. The number of benzene rings is 1. The first kappa shape index (κ1) is 13.8. The summed E-state index contributed by atoms with van der Waals surface area (Å²) in [5.74, 6) is 0. The second-order valence-corrected chi connectivity index (χ2v) is 7.55. The molecule has 3 N–H and O–H groups in total. The van der Waals surface area contributed by atoms with Crippen LogP contribution in [0.2, 0.25) is 0 Å². The van der Waals surface area contributed by atoms with Gasteiger partial charge in [-0.1, -0.05) is 0 Å². The molecule has 21 heavy (non-hydrogen) atoms. The van der Waals surface area contributed by atoms with E-state index in [9.17, 15) is 8.42 Å². The van der Waals surface area contributed by atoms with Crippen molar-refractivity contribution < 1.29 is 8.42 Å². The number of aryl methyl sites for hydroxylation is 1. The highest BCUT2D eigenvalue weighted by Crippen LogP contribution is 2.29. The monoisotopic (exact) mass is 320 g/mol. The van der Waals surface area contributed by atoms with E-state index in [4.69, 9.17) is 5.73 Å². The van der Waals surface area contributed by atoms with Crippen LogP contribution >= 0.6 is 11.3 Å². The number of nitrogens with zero attached hydrogens (tertiary/aromatic N) is 2. The Balaban J connectivity index is 2.08. The Morgan fingerprint density at radius 3 is 2.76 bits per heavy atom. The van der Waals surface area contributed by atoms with Gasteiger partial charge in [-0.05, 0) is 31.2 Å². The molecule has 1 aromatic carbocycles. The van der Waals surface area contributed by atoms with Crippen molar-refractivity contribution in [1.82, 2.24) is 9.97 Å². The van der Waals surface area contributed by atoms with Crippen LogP contribution in [-0.4, -0.2) is 18.4 Å².